The normalized spacial score (nSPS) is 10.5. The van der Waals surface area contributed by atoms with Crippen LogP contribution in [0, 0.1) is 11.3 Å². The van der Waals surface area contributed by atoms with Gasteiger partial charge in [-0.05, 0) is 50.3 Å². The van der Waals surface area contributed by atoms with Crippen LogP contribution in [0.2, 0.25) is 5.02 Å². The summed E-state index contributed by atoms with van der Waals surface area (Å²) in [5, 5.41) is 9.72. The number of nitriles is 1. The van der Waals surface area contributed by atoms with Crippen LogP contribution in [0.5, 0.6) is 0 Å². The molecule has 1 rings (SSSR count). The van der Waals surface area contributed by atoms with E-state index in [9.17, 15) is 0 Å². The summed E-state index contributed by atoms with van der Waals surface area (Å²) < 4.78 is 5.34. The maximum absolute atomic E-state index is 8.78. The minimum atomic E-state index is -0.906. The third-order valence-electron chi connectivity index (χ3n) is 1.70. The molecule has 0 saturated heterocycles. The van der Waals surface area contributed by atoms with E-state index in [1.54, 1.807) is 38.1 Å². The molecule has 0 fully saturated rings. The molecular formula is C11H10ClNOS. The molecular weight excluding hydrogens is 230 g/mol. The molecule has 1 aromatic rings. The predicted octanol–water partition coefficient (Wildman–Crippen LogP) is 3.33. The molecule has 0 aliphatic heterocycles. The summed E-state index contributed by atoms with van der Waals surface area (Å²) in [6.07, 6.45) is 0. The van der Waals surface area contributed by atoms with Gasteiger partial charge < -0.3 is 4.74 Å². The van der Waals surface area contributed by atoms with Crippen molar-refractivity contribution in [1.82, 2.24) is 0 Å². The number of thiocarbonyl (C=S) groups is 1. The van der Waals surface area contributed by atoms with Crippen LogP contribution in [-0.2, 0) is 4.74 Å². The predicted molar refractivity (Wildman–Crippen MR) is 63.9 cm³/mol. The van der Waals surface area contributed by atoms with Gasteiger partial charge in [0.1, 0.15) is 6.07 Å². The fourth-order valence-corrected chi connectivity index (χ4v) is 1.37. The van der Waals surface area contributed by atoms with E-state index in [0.717, 1.165) is 5.56 Å². The summed E-state index contributed by atoms with van der Waals surface area (Å²) in [6.45, 7) is 3.32. The first kappa shape index (κ1) is 12.0. The topological polar surface area (TPSA) is 33.0 Å². The smallest absolute Gasteiger partial charge is 0.193 e. The van der Waals surface area contributed by atoms with E-state index in [1.165, 1.54) is 0 Å². The van der Waals surface area contributed by atoms with Gasteiger partial charge in [-0.3, -0.25) is 0 Å². The van der Waals surface area contributed by atoms with Crippen LogP contribution in [0.25, 0.3) is 0 Å². The molecule has 0 saturated carbocycles. The number of benzene rings is 1. The third kappa shape index (κ3) is 3.50. The standard InChI is InChI=1S/C11H10ClNOS/c1-11(2,7-13)14-10(15)8-3-5-9(12)6-4-8/h3-6H,1-2H3. The third-order valence-corrected chi connectivity index (χ3v) is 2.27. The van der Waals surface area contributed by atoms with Gasteiger partial charge in [-0.1, -0.05) is 11.6 Å². The molecule has 0 aromatic heterocycles. The Hall–Kier alpha value is -1.11. The van der Waals surface area contributed by atoms with E-state index in [-0.39, 0.29) is 0 Å². The maximum Gasteiger partial charge on any atom is 0.193 e. The fraction of sp³-hybridized carbons (Fsp3) is 0.273. The van der Waals surface area contributed by atoms with E-state index in [1.807, 2.05) is 6.07 Å². The quantitative estimate of drug-likeness (QED) is 0.743. The molecule has 0 N–H and O–H groups in total. The lowest BCUT2D eigenvalue weighted by atomic mass is 10.1. The van der Waals surface area contributed by atoms with E-state index >= 15 is 0 Å². The average Bonchev–Trinajstić information content (AvgIpc) is 2.18. The van der Waals surface area contributed by atoms with Crippen molar-refractivity contribution in [2.75, 3.05) is 0 Å². The van der Waals surface area contributed by atoms with Crippen LogP contribution in [0.4, 0.5) is 0 Å². The highest BCUT2D eigenvalue weighted by molar-refractivity contribution is 7.80. The Labute approximate surface area is 99.4 Å². The van der Waals surface area contributed by atoms with Gasteiger partial charge in [0, 0.05) is 10.6 Å². The van der Waals surface area contributed by atoms with Crippen LogP contribution in [0.15, 0.2) is 24.3 Å². The lowest BCUT2D eigenvalue weighted by molar-refractivity contribution is 0.162. The van der Waals surface area contributed by atoms with Crippen LogP contribution >= 0.6 is 23.8 Å². The van der Waals surface area contributed by atoms with Crippen LogP contribution < -0.4 is 0 Å². The van der Waals surface area contributed by atoms with Gasteiger partial charge in [0.15, 0.2) is 10.7 Å². The molecule has 4 heteroatoms. The molecule has 0 spiro atoms. The fourth-order valence-electron chi connectivity index (χ4n) is 0.899. The van der Waals surface area contributed by atoms with Gasteiger partial charge in [0.2, 0.25) is 0 Å². The summed E-state index contributed by atoms with van der Waals surface area (Å²) in [5.41, 5.74) is -0.158. The zero-order chi connectivity index (χ0) is 11.5. The second-order valence-electron chi connectivity index (χ2n) is 3.52. The highest BCUT2D eigenvalue weighted by atomic mass is 35.5. The van der Waals surface area contributed by atoms with Gasteiger partial charge in [-0.15, -0.1) is 0 Å². The van der Waals surface area contributed by atoms with Gasteiger partial charge in [-0.25, -0.2) is 0 Å². The summed E-state index contributed by atoms with van der Waals surface area (Å²) in [6, 6.07) is 9.00. The first-order valence-corrected chi connectivity index (χ1v) is 5.13. The Kier molecular flexibility index (Phi) is 3.67. The molecule has 78 valence electrons. The first-order valence-electron chi connectivity index (χ1n) is 4.35. The second-order valence-corrected chi connectivity index (χ2v) is 4.33. The summed E-state index contributed by atoms with van der Waals surface area (Å²) in [5.74, 6) is 0. The minimum absolute atomic E-state index is 0.304. The molecule has 0 aliphatic rings. The van der Waals surface area contributed by atoms with Crippen molar-refractivity contribution in [3.05, 3.63) is 34.9 Å². The lowest BCUT2D eigenvalue weighted by Gasteiger charge is -2.18. The van der Waals surface area contributed by atoms with Crippen molar-refractivity contribution in [1.29, 1.82) is 5.26 Å². The Balaban J connectivity index is 2.79. The molecule has 0 bridgehead atoms. The molecule has 2 nitrogen and oxygen atoms in total. The van der Waals surface area contributed by atoms with Gasteiger partial charge in [-0.2, -0.15) is 5.26 Å². The van der Waals surface area contributed by atoms with Gasteiger partial charge in [0.25, 0.3) is 0 Å². The van der Waals surface area contributed by atoms with Crippen molar-refractivity contribution in [3.8, 4) is 6.07 Å². The molecule has 0 unspecified atom stereocenters. The largest absolute Gasteiger partial charge is 0.462 e. The lowest BCUT2D eigenvalue weighted by Crippen LogP contribution is -2.25. The van der Waals surface area contributed by atoms with E-state index < -0.39 is 5.60 Å². The summed E-state index contributed by atoms with van der Waals surface area (Å²) >= 11 is 10.8. The Morgan fingerprint density at radius 1 is 1.40 bits per heavy atom. The summed E-state index contributed by atoms with van der Waals surface area (Å²) in [7, 11) is 0. The SMILES string of the molecule is CC(C)(C#N)OC(=S)c1ccc(Cl)cc1. The number of nitrogens with zero attached hydrogens (tertiary/aromatic N) is 1. The van der Waals surface area contributed by atoms with Crippen LogP contribution in [0.1, 0.15) is 19.4 Å². The Morgan fingerprint density at radius 3 is 2.40 bits per heavy atom. The van der Waals surface area contributed by atoms with E-state index in [4.69, 9.17) is 33.8 Å². The molecule has 0 aliphatic carbocycles. The van der Waals surface area contributed by atoms with E-state index in [0.29, 0.717) is 10.1 Å². The monoisotopic (exact) mass is 239 g/mol. The summed E-state index contributed by atoms with van der Waals surface area (Å²) in [4.78, 5) is 0. The van der Waals surface area contributed by atoms with Gasteiger partial charge >= 0.3 is 0 Å². The average molecular weight is 240 g/mol. The molecule has 15 heavy (non-hydrogen) atoms. The molecule has 0 radical (unpaired) electrons. The van der Waals surface area contributed by atoms with Crippen molar-refractivity contribution in [3.63, 3.8) is 0 Å². The number of hydrogen-bond donors (Lipinski definition) is 0. The number of hydrogen-bond acceptors (Lipinski definition) is 3. The molecule has 0 atom stereocenters. The Morgan fingerprint density at radius 2 is 1.93 bits per heavy atom. The van der Waals surface area contributed by atoms with E-state index in [2.05, 4.69) is 0 Å². The maximum atomic E-state index is 8.78. The second kappa shape index (κ2) is 4.61. The van der Waals surface area contributed by atoms with Crippen molar-refractivity contribution >= 4 is 28.9 Å². The number of halogens is 1. The zero-order valence-corrected chi connectivity index (χ0v) is 10.0. The number of ether oxygens (including phenoxy) is 1. The highest BCUT2D eigenvalue weighted by Crippen LogP contribution is 2.15. The number of rotatable bonds is 2. The highest BCUT2D eigenvalue weighted by Gasteiger charge is 2.20. The first-order chi connectivity index (χ1) is 6.94. The molecule has 0 heterocycles. The van der Waals surface area contributed by atoms with Crippen LogP contribution in [0.3, 0.4) is 0 Å². The molecule has 1 aromatic carbocycles. The van der Waals surface area contributed by atoms with Gasteiger partial charge in [0.05, 0.1) is 0 Å². The van der Waals surface area contributed by atoms with Crippen molar-refractivity contribution in [2.45, 2.75) is 19.4 Å². The Bertz CT molecular complexity index is 406. The minimum Gasteiger partial charge on any atom is -0.462 e. The van der Waals surface area contributed by atoms with Crippen molar-refractivity contribution < 1.29 is 4.74 Å². The molecule has 0 amide bonds. The van der Waals surface area contributed by atoms with Crippen LogP contribution in [-0.4, -0.2) is 10.7 Å². The zero-order valence-electron chi connectivity index (χ0n) is 8.45. The van der Waals surface area contributed by atoms with Crippen molar-refractivity contribution in [2.24, 2.45) is 0 Å².